The van der Waals surface area contributed by atoms with Gasteiger partial charge in [-0.05, 0) is 12.3 Å². The zero-order chi connectivity index (χ0) is 9.14. The van der Waals surface area contributed by atoms with Crippen LogP contribution in [-0.2, 0) is 0 Å². The van der Waals surface area contributed by atoms with Gasteiger partial charge in [-0.15, -0.1) is 0 Å². The second kappa shape index (κ2) is 3.90. The van der Waals surface area contributed by atoms with Crippen LogP contribution in [0, 0.1) is 5.92 Å². The van der Waals surface area contributed by atoms with Crippen molar-refractivity contribution in [2.24, 2.45) is 16.6 Å². The van der Waals surface area contributed by atoms with Gasteiger partial charge in [0, 0.05) is 13.6 Å². The monoisotopic (exact) mass is 169 g/mol. The molecule has 1 heterocycles. The molecule has 12 heavy (non-hydrogen) atoms. The average molecular weight is 169 g/mol. The smallest absolute Gasteiger partial charge is 0.116 e. The molecule has 0 bridgehead atoms. The minimum absolute atomic E-state index is 0.137. The van der Waals surface area contributed by atoms with Gasteiger partial charge >= 0.3 is 0 Å². The van der Waals surface area contributed by atoms with E-state index in [1.54, 1.807) is 0 Å². The molecule has 3 heteroatoms. The Morgan fingerprint density at radius 2 is 2.25 bits per heavy atom. The predicted octanol–water partition coefficient (Wildman–Crippen LogP) is 0.704. The van der Waals surface area contributed by atoms with Gasteiger partial charge in [0.05, 0.1) is 12.6 Å². The Hall–Kier alpha value is -0.570. The first-order valence-corrected chi connectivity index (χ1v) is 4.62. The number of rotatable bonds is 3. The van der Waals surface area contributed by atoms with Gasteiger partial charge in [-0.1, -0.05) is 13.8 Å². The van der Waals surface area contributed by atoms with Gasteiger partial charge in [0.1, 0.15) is 5.84 Å². The zero-order valence-electron chi connectivity index (χ0n) is 8.25. The van der Waals surface area contributed by atoms with Crippen LogP contribution in [0.25, 0.3) is 0 Å². The largest absolute Gasteiger partial charge is 0.360 e. The molecule has 0 fully saturated rings. The van der Waals surface area contributed by atoms with E-state index in [1.807, 2.05) is 0 Å². The summed E-state index contributed by atoms with van der Waals surface area (Å²) in [4.78, 5) is 6.55. The Bertz CT molecular complexity index is 175. The Labute approximate surface area is 74.6 Å². The van der Waals surface area contributed by atoms with E-state index in [0.717, 1.165) is 25.3 Å². The summed E-state index contributed by atoms with van der Waals surface area (Å²) in [6, 6.07) is 0.137. The normalized spacial score (nSPS) is 20.1. The molecule has 0 amide bonds. The highest BCUT2D eigenvalue weighted by molar-refractivity contribution is 5.88. The minimum Gasteiger partial charge on any atom is -0.360 e. The van der Waals surface area contributed by atoms with Crippen molar-refractivity contribution in [3.05, 3.63) is 0 Å². The second-order valence-electron chi connectivity index (χ2n) is 3.90. The first kappa shape index (κ1) is 9.52. The number of amidine groups is 1. The van der Waals surface area contributed by atoms with Gasteiger partial charge in [0.2, 0.25) is 0 Å². The third kappa shape index (κ3) is 2.21. The maximum Gasteiger partial charge on any atom is 0.116 e. The molecule has 1 unspecified atom stereocenters. The van der Waals surface area contributed by atoms with Gasteiger partial charge in [0.25, 0.3) is 0 Å². The highest BCUT2D eigenvalue weighted by atomic mass is 15.2. The molecule has 0 saturated carbocycles. The van der Waals surface area contributed by atoms with Gasteiger partial charge in [-0.3, -0.25) is 4.99 Å². The molecular weight excluding hydrogens is 150 g/mol. The van der Waals surface area contributed by atoms with Crippen molar-refractivity contribution >= 4 is 5.84 Å². The van der Waals surface area contributed by atoms with E-state index < -0.39 is 0 Å². The molecule has 0 aromatic rings. The molecule has 0 spiro atoms. The molecule has 1 rings (SSSR count). The first-order chi connectivity index (χ1) is 5.61. The molecule has 70 valence electrons. The van der Waals surface area contributed by atoms with Crippen LogP contribution in [0.2, 0.25) is 0 Å². The Balaban J connectivity index is 2.46. The molecule has 2 N–H and O–H groups in total. The van der Waals surface area contributed by atoms with E-state index in [9.17, 15) is 0 Å². The fourth-order valence-corrected chi connectivity index (χ4v) is 1.56. The summed E-state index contributed by atoms with van der Waals surface area (Å²) in [6.45, 7) is 6.32. The lowest BCUT2D eigenvalue weighted by atomic mass is 10.0. The third-order valence-corrected chi connectivity index (χ3v) is 2.16. The molecule has 1 aliphatic rings. The van der Waals surface area contributed by atoms with Crippen LogP contribution in [0.5, 0.6) is 0 Å². The first-order valence-electron chi connectivity index (χ1n) is 4.62. The van der Waals surface area contributed by atoms with Crippen molar-refractivity contribution in [1.82, 2.24) is 4.90 Å². The van der Waals surface area contributed by atoms with Crippen LogP contribution in [0.4, 0.5) is 0 Å². The van der Waals surface area contributed by atoms with E-state index >= 15 is 0 Å². The number of aliphatic imine (C=N–C) groups is 1. The van der Waals surface area contributed by atoms with Crippen molar-refractivity contribution in [2.75, 3.05) is 20.1 Å². The molecule has 0 aromatic carbocycles. The maximum atomic E-state index is 6.00. The predicted molar refractivity (Wildman–Crippen MR) is 52.4 cm³/mol. The van der Waals surface area contributed by atoms with Crippen molar-refractivity contribution < 1.29 is 0 Å². The summed E-state index contributed by atoms with van der Waals surface area (Å²) in [5, 5.41) is 0. The number of likely N-dealkylation sites (N-methyl/N-ethyl adjacent to an activating group) is 1. The van der Waals surface area contributed by atoms with Crippen LogP contribution < -0.4 is 5.73 Å². The van der Waals surface area contributed by atoms with Crippen LogP contribution in [0.3, 0.4) is 0 Å². The highest BCUT2D eigenvalue weighted by Crippen LogP contribution is 2.09. The van der Waals surface area contributed by atoms with E-state index in [1.165, 1.54) is 0 Å². The molecule has 0 aromatic heterocycles. The van der Waals surface area contributed by atoms with Crippen LogP contribution in [0.15, 0.2) is 4.99 Å². The second-order valence-corrected chi connectivity index (χ2v) is 3.90. The number of hydrogen-bond acceptors (Lipinski definition) is 3. The molecule has 1 aliphatic heterocycles. The van der Waals surface area contributed by atoms with E-state index in [-0.39, 0.29) is 6.04 Å². The van der Waals surface area contributed by atoms with Crippen molar-refractivity contribution in [3.63, 3.8) is 0 Å². The fraction of sp³-hybridized carbons (Fsp3) is 0.889. The third-order valence-electron chi connectivity index (χ3n) is 2.16. The average Bonchev–Trinajstić information content (AvgIpc) is 2.33. The molecule has 0 radical (unpaired) electrons. The quantitative estimate of drug-likeness (QED) is 0.676. The molecule has 1 atom stereocenters. The summed E-state index contributed by atoms with van der Waals surface area (Å²) >= 11 is 0. The standard InChI is InChI=1S/C9H19N3/c1-7(2)6-8(10)9-11-4-5-12(9)3/h7-8H,4-6,10H2,1-3H3. The van der Waals surface area contributed by atoms with Crippen LogP contribution >= 0.6 is 0 Å². The lowest BCUT2D eigenvalue weighted by molar-refractivity contribution is 0.497. The molecule has 0 saturated heterocycles. The van der Waals surface area contributed by atoms with Crippen LogP contribution in [-0.4, -0.2) is 36.9 Å². The highest BCUT2D eigenvalue weighted by Gasteiger charge is 2.19. The van der Waals surface area contributed by atoms with E-state index in [0.29, 0.717) is 5.92 Å². The van der Waals surface area contributed by atoms with E-state index in [2.05, 4.69) is 30.8 Å². The topological polar surface area (TPSA) is 41.6 Å². The van der Waals surface area contributed by atoms with Crippen molar-refractivity contribution in [2.45, 2.75) is 26.3 Å². The zero-order valence-corrected chi connectivity index (χ0v) is 8.25. The van der Waals surface area contributed by atoms with Gasteiger partial charge < -0.3 is 10.6 Å². The Kier molecular flexibility index (Phi) is 3.09. The summed E-state index contributed by atoms with van der Waals surface area (Å²) in [5.74, 6) is 1.74. The Morgan fingerprint density at radius 1 is 1.58 bits per heavy atom. The fourth-order valence-electron chi connectivity index (χ4n) is 1.56. The van der Waals surface area contributed by atoms with Gasteiger partial charge in [0.15, 0.2) is 0 Å². The number of nitrogens with zero attached hydrogens (tertiary/aromatic N) is 2. The number of nitrogens with two attached hydrogens (primary N) is 1. The molecule has 0 aliphatic carbocycles. The van der Waals surface area contributed by atoms with Gasteiger partial charge in [-0.2, -0.15) is 0 Å². The summed E-state index contributed by atoms with van der Waals surface area (Å²) in [7, 11) is 2.06. The number of hydrogen-bond donors (Lipinski definition) is 1. The van der Waals surface area contributed by atoms with E-state index in [4.69, 9.17) is 5.73 Å². The SMILES string of the molecule is CC(C)CC(N)C1=NCCN1C. The van der Waals surface area contributed by atoms with Gasteiger partial charge in [-0.25, -0.2) is 0 Å². The summed E-state index contributed by atoms with van der Waals surface area (Å²) < 4.78 is 0. The van der Waals surface area contributed by atoms with Crippen LogP contribution in [0.1, 0.15) is 20.3 Å². The minimum atomic E-state index is 0.137. The maximum absolute atomic E-state index is 6.00. The lowest BCUT2D eigenvalue weighted by Gasteiger charge is -2.20. The molecular formula is C9H19N3. The Morgan fingerprint density at radius 3 is 2.67 bits per heavy atom. The summed E-state index contributed by atoms with van der Waals surface area (Å²) in [6.07, 6.45) is 1.03. The molecule has 3 nitrogen and oxygen atoms in total. The lowest BCUT2D eigenvalue weighted by Crippen LogP contribution is -2.40. The van der Waals surface area contributed by atoms with Crippen molar-refractivity contribution in [1.29, 1.82) is 0 Å². The van der Waals surface area contributed by atoms with Crippen molar-refractivity contribution in [3.8, 4) is 0 Å². The summed E-state index contributed by atoms with van der Waals surface area (Å²) in [5.41, 5.74) is 6.00.